The van der Waals surface area contributed by atoms with Crippen molar-refractivity contribution in [3.8, 4) is 0 Å². The third-order valence-electron chi connectivity index (χ3n) is 2.48. The number of carbonyl (C=O) groups is 1. The van der Waals surface area contributed by atoms with Crippen molar-refractivity contribution in [1.29, 1.82) is 0 Å². The average molecular weight is 249 g/mol. The van der Waals surface area contributed by atoms with Crippen molar-refractivity contribution < 1.29 is 4.79 Å². The molecule has 0 saturated carbocycles. The van der Waals surface area contributed by atoms with E-state index < -0.39 is 0 Å². The standard InChI is InChI=1S/C12H15N3OS/c1-15-8-7-13-12(15)14-11(16)6-2-4-10-5-3-9-17-10/h3,5,7-9H,2,4,6H2,1H3,(H,13,14,16). The summed E-state index contributed by atoms with van der Waals surface area (Å²) in [6.45, 7) is 0. The van der Waals surface area contributed by atoms with E-state index in [9.17, 15) is 4.79 Å². The maximum absolute atomic E-state index is 11.6. The molecule has 0 radical (unpaired) electrons. The molecule has 0 aliphatic rings. The molecule has 2 aromatic rings. The predicted octanol–water partition coefficient (Wildman–Crippen LogP) is 2.44. The van der Waals surface area contributed by atoms with Crippen molar-refractivity contribution in [1.82, 2.24) is 9.55 Å². The van der Waals surface area contributed by atoms with Crippen LogP contribution in [0.4, 0.5) is 5.95 Å². The van der Waals surface area contributed by atoms with Crippen LogP contribution in [0.2, 0.25) is 0 Å². The van der Waals surface area contributed by atoms with Gasteiger partial charge in [0.2, 0.25) is 11.9 Å². The molecule has 0 aliphatic heterocycles. The number of thiophene rings is 1. The van der Waals surface area contributed by atoms with E-state index in [0.717, 1.165) is 12.8 Å². The number of hydrogen-bond donors (Lipinski definition) is 1. The number of anilines is 1. The van der Waals surface area contributed by atoms with Crippen LogP contribution >= 0.6 is 11.3 Å². The van der Waals surface area contributed by atoms with Gasteiger partial charge < -0.3 is 4.57 Å². The van der Waals surface area contributed by atoms with Gasteiger partial charge in [-0.05, 0) is 24.3 Å². The van der Waals surface area contributed by atoms with Gasteiger partial charge in [-0.2, -0.15) is 0 Å². The van der Waals surface area contributed by atoms with Gasteiger partial charge in [0.05, 0.1) is 0 Å². The van der Waals surface area contributed by atoms with Gasteiger partial charge in [0.15, 0.2) is 0 Å². The van der Waals surface area contributed by atoms with Crippen molar-refractivity contribution in [2.45, 2.75) is 19.3 Å². The Morgan fingerprint density at radius 2 is 2.47 bits per heavy atom. The Morgan fingerprint density at radius 1 is 1.59 bits per heavy atom. The summed E-state index contributed by atoms with van der Waals surface area (Å²) in [5, 5.41) is 4.85. The number of amides is 1. The highest BCUT2D eigenvalue weighted by Gasteiger charge is 2.05. The normalized spacial score (nSPS) is 10.4. The van der Waals surface area contributed by atoms with Crippen molar-refractivity contribution in [3.63, 3.8) is 0 Å². The topological polar surface area (TPSA) is 46.9 Å². The van der Waals surface area contributed by atoms with E-state index in [2.05, 4.69) is 21.7 Å². The lowest BCUT2D eigenvalue weighted by molar-refractivity contribution is -0.116. The predicted molar refractivity (Wildman–Crippen MR) is 69.1 cm³/mol. The van der Waals surface area contributed by atoms with Gasteiger partial charge >= 0.3 is 0 Å². The van der Waals surface area contributed by atoms with Crippen molar-refractivity contribution in [2.75, 3.05) is 5.32 Å². The molecular weight excluding hydrogens is 234 g/mol. The van der Waals surface area contributed by atoms with Crippen LogP contribution < -0.4 is 5.32 Å². The van der Waals surface area contributed by atoms with Gasteiger partial charge in [-0.25, -0.2) is 4.98 Å². The first-order chi connectivity index (χ1) is 8.25. The molecule has 0 aromatic carbocycles. The van der Waals surface area contributed by atoms with E-state index in [1.807, 2.05) is 13.1 Å². The summed E-state index contributed by atoms with van der Waals surface area (Å²) in [6.07, 6.45) is 5.84. The van der Waals surface area contributed by atoms with Crippen LogP contribution in [-0.4, -0.2) is 15.5 Å². The lowest BCUT2D eigenvalue weighted by Crippen LogP contribution is -2.14. The first-order valence-electron chi connectivity index (χ1n) is 5.55. The van der Waals surface area contributed by atoms with Crippen molar-refractivity contribution >= 4 is 23.2 Å². The van der Waals surface area contributed by atoms with Crippen molar-refractivity contribution in [3.05, 3.63) is 34.8 Å². The first kappa shape index (κ1) is 11.9. The second-order valence-corrected chi connectivity index (χ2v) is 4.88. The van der Waals surface area contributed by atoms with Crippen molar-refractivity contribution in [2.24, 2.45) is 7.05 Å². The van der Waals surface area contributed by atoms with Gasteiger partial charge in [0.1, 0.15) is 0 Å². The quantitative estimate of drug-likeness (QED) is 0.884. The molecule has 1 N–H and O–H groups in total. The van der Waals surface area contributed by atoms with Crippen LogP contribution in [0.1, 0.15) is 17.7 Å². The lowest BCUT2D eigenvalue weighted by atomic mass is 10.2. The second-order valence-electron chi connectivity index (χ2n) is 3.84. The maximum atomic E-state index is 11.6. The van der Waals surface area contributed by atoms with Crippen LogP contribution in [0.5, 0.6) is 0 Å². The second kappa shape index (κ2) is 5.63. The fraction of sp³-hybridized carbons (Fsp3) is 0.333. The number of rotatable bonds is 5. The molecule has 2 rings (SSSR count). The molecule has 17 heavy (non-hydrogen) atoms. The summed E-state index contributed by atoms with van der Waals surface area (Å²) < 4.78 is 1.79. The molecule has 4 nitrogen and oxygen atoms in total. The Bertz CT molecular complexity index is 476. The summed E-state index contributed by atoms with van der Waals surface area (Å²) in [7, 11) is 1.86. The van der Waals surface area contributed by atoms with Gasteiger partial charge in [-0.1, -0.05) is 6.07 Å². The highest BCUT2D eigenvalue weighted by atomic mass is 32.1. The molecule has 0 unspecified atom stereocenters. The summed E-state index contributed by atoms with van der Waals surface area (Å²) in [5.74, 6) is 0.627. The molecule has 0 fully saturated rings. The minimum atomic E-state index is 0.0239. The molecule has 90 valence electrons. The smallest absolute Gasteiger partial charge is 0.226 e. The minimum absolute atomic E-state index is 0.0239. The lowest BCUT2D eigenvalue weighted by Gasteiger charge is -2.04. The van der Waals surface area contributed by atoms with E-state index in [1.54, 1.807) is 28.3 Å². The zero-order chi connectivity index (χ0) is 12.1. The number of imidazole rings is 1. The monoisotopic (exact) mass is 249 g/mol. The number of nitrogens with zero attached hydrogens (tertiary/aromatic N) is 2. The van der Waals surface area contributed by atoms with Crippen LogP contribution in [-0.2, 0) is 18.3 Å². The molecule has 2 heterocycles. The summed E-state index contributed by atoms with van der Waals surface area (Å²) in [4.78, 5) is 17.0. The highest BCUT2D eigenvalue weighted by molar-refractivity contribution is 7.09. The number of hydrogen-bond acceptors (Lipinski definition) is 3. The molecule has 0 saturated heterocycles. The molecule has 0 spiro atoms. The van der Waals surface area contributed by atoms with E-state index in [1.165, 1.54) is 4.88 Å². The third-order valence-corrected chi connectivity index (χ3v) is 3.42. The zero-order valence-corrected chi connectivity index (χ0v) is 10.5. The van der Waals surface area contributed by atoms with Crippen LogP contribution in [0.25, 0.3) is 0 Å². The number of aryl methyl sites for hydroxylation is 2. The van der Waals surface area contributed by atoms with E-state index in [-0.39, 0.29) is 5.91 Å². The van der Waals surface area contributed by atoms with E-state index in [0.29, 0.717) is 12.4 Å². The zero-order valence-electron chi connectivity index (χ0n) is 9.72. The fourth-order valence-corrected chi connectivity index (χ4v) is 2.30. The fourth-order valence-electron chi connectivity index (χ4n) is 1.55. The maximum Gasteiger partial charge on any atom is 0.226 e. The Kier molecular flexibility index (Phi) is 3.93. The largest absolute Gasteiger partial charge is 0.320 e. The molecule has 0 aliphatic carbocycles. The van der Waals surface area contributed by atoms with E-state index in [4.69, 9.17) is 0 Å². The third kappa shape index (κ3) is 3.42. The summed E-state index contributed by atoms with van der Waals surface area (Å²) in [6, 6.07) is 4.13. The van der Waals surface area contributed by atoms with Gasteiger partial charge in [0, 0.05) is 30.7 Å². The summed E-state index contributed by atoms with van der Waals surface area (Å²) >= 11 is 1.73. The Hall–Kier alpha value is -1.62. The number of aromatic nitrogens is 2. The van der Waals surface area contributed by atoms with Crippen LogP contribution in [0.15, 0.2) is 29.9 Å². The molecule has 2 aromatic heterocycles. The minimum Gasteiger partial charge on any atom is -0.320 e. The molecule has 5 heteroatoms. The van der Waals surface area contributed by atoms with Crippen LogP contribution in [0, 0.1) is 0 Å². The molecular formula is C12H15N3OS. The number of nitrogens with one attached hydrogen (secondary N) is 1. The molecule has 0 bridgehead atoms. The highest BCUT2D eigenvalue weighted by Crippen LogP contribution is 2.12. The average Bonchev–Trinajstić information content (AvgIpc) is 2.92. The van der Waals surface area contributed by atoms with Crippen LogP contribution in [0.3, 0.4) is 0 Å². The van der Waals surface area contributed by atoms with Gasteiger partial charge in [0.25, 0.3) is 0 Å². The Morgan fingerprint density at radius 3 is 3.12 bits per heavy atom. The summed E-state index contributed by atoms with van der Waals surface area (Å²) in [5.41, 5.74) is 0. The first-order valence-corrected chi connectivity index (χ1v) is 6.43. The van der Waals surface area contributed by atoms with Gasteiger partial charge in [-0.3, -0.25) is 10.1 Å². The van der Waals surface area contributed by atoms with E-state index >= 15 is 0 Å². The Balaban J connectivity index is 1.73. The molecule has 1 amide bonds. The Labute approximate surface area is 104 Å². The number of carbonyl (C=O) groups excluding carboxylic acids is 1. The molecule has 0 atom stereocenters. The van der Waals surface area contributed by atoms with Gasteiger partial charge in [-0.15, -0.1) is 11.3 Å². The SMILES string of the molecule is Cn1ccnc1NC(=O)CCCc1cccs1.